The van der Waals surface area contributed by atoms with E-state index in [0.29, 0.717) is 72.7 Å². The number of hydrogen-bond acceptors (Lipinski definition) is 7. The number of hydrogen-bond donors (Lipinski definition) is 1. The normalized spacial score (nSPS) is 17.6. The van der Waals surface area contributed by atoms with Crippen LogP contribution in [0, 0.1) is 5.92 Å². The SMILES string of the molecule is CC1C=C2/C=C/CCCN(CCCN(C)C(=O)c3ccccc3C=O)c3cccc(n3)SNc3ccc(C(F)(F)F)c(n3)C2=CC1. The fraction of sp³-hybridized carbons (Fsp3) is 0.314. The predicted octanol–water partition coefficient (Wildman–Crippen LogP) is 8.10. The molecule has 2 aliphatic rings. The average molecular weight is 648 g/mol. The van der Waals surface area contributed by atoms with Crippen LogP contribution in [0.25, 0.3) is 5.57 Å². The minimum absolute atomic E-state index is 0.0843. The van der Waals surface area contributed by atoms with Crippen LogP contribution in [0.3, 0.4) is 0 Å². The summed E-state index contributed by atoms with van der Waals surface area (Å²) >= 11 is 1.19. The molecule has 11 heteroatoms. The lowest BCUT2D eigenvalue weighted by Crippen LogP contribution is -2.33. The van der Waals surface area contributed by atoms with Gasteiger partial charge in [0.05, 0.1) is 16.8 Å². The van der Waals surface area contributed by atoms with Gasteiger partial charge in [0.15, 0.2) is 6.29 Å². The number of fused-ring (bicyclic) bond motifs is 6. The third-order valence-electron chi connectivity index (χ3n) is 7.90. The quantitative estimate of drug-likeness (QED) is 0.214. The van der Waals surface area contributed by atoms with Gasteiger partial charge in [-0.2, -0.15) is 13.2 Å². The number of carbonyl (C=O) groups excluding carboxylic acids is 2. The summed E-state index contributed by atoms with van der Waals surface area (Å²) < 4.78 is 45.4. The summed E-state index contributed by atoms with van der Waals surface area (Å²) in [6, 6.07) is 14.8. The van der Waals surface area contributed by atoms with Gasteiger partial charge in [-0.25, -0.2) is 9.97 Å². The molecule has 1 N–H and O–H groups in total. The molecule has 3 heterocycles. The second-order valence-electron chi connectivity index (χ2n) is 11.4. The molecular formula is C35H36F3N5O2S. The number of anilines is 2. The van der Waals surface area contributed by atoms with Crippen LogP contribution in [-0.4, -0.2) is 53.7 Å². The highest BCUT2D eigenvalue weighted by Gasteiger charge is 2.36. The number of benzene rings is 1. The minimum atomic E-state index is -4.55. The van der Waals surface area contributed by atoms with Crippen LogP contribution in [0.5, 0.6) is 0 Å². The van der Waals surface area contributed by atoms with Crippen molar-refractivity contribution < 1.29 is 22.8 Å². The molecule has 5 rings (SSSR count). The lowest BCUT2D eigenvalue weighted by Gasteiger charge is -2.26. The predicted molar refractivity (Wildman–Crippen MR) is 177 cm³/mol. The van der Waals surface area contributed by atoms with E-state index in [2.05, 4.69) is 14.6 Å². The Morgan fingerprint density at radius 1 is 1.13 bits per heavy atom. The number of nitrogens with one attached hydrogen (secondary N) is 1. The Labute approximate surface area is 271 Å². The van der Waals surface area contributed by atoms with Gasteiger partial charge in [0.2, 0.25) is 0 Å². The summed E-state index contributed by atoms with van der Waals surface area (Å²) in [4.78, 5) is 37.5. The largest absolute Gasteiger partial charge is 0.418 e. The van der Waals surface area contributed by atoms with Crippen LogP contribution in [0.15, 0.2) is 89.5 Å². The standard InChI is InChI=1S/C35H36F3N5O2S/c1-24-15-16-27-25(22-24)10-4-3-7-20-43(21-9-19-42(2)34(45)28-12-6-5-11-26(28)23-44)31-13-8-14-32(40-31)46-41-30-18-17-29(33(27)39-30)35(36,37)38/h4-6,8,10-14,16-18,22-24H,3,7,9,15,19-21H2,1-2H3,(H,39,41)/b10-4+. The van der Waals surface area contributed by atoms with Crippen LogP contribution in [0.1, 0.15) is 64.6 Å². The third kappa shape index (κ3) is 8.06. The maximum atomic E-state index is 14.1. The number of rotatable bonds is 6. The molecule has 0 spiro atoms. The monoisotopic (exact) mass is 647 g/mol. The van der Waals surface area contributed by atoms with Crippen molar-refractivity contribution in [1.82, 2.24) is 14.9 Å². The van der Waals surface area contributed by atoms with Crippen molar-refractivity contribution in [3.63, 3.8) is 0 Å². The molecule has 1 aliphatic heterocycles. The van der Waals surface area contributed by atoms with E-state index in [-0.39, 0.29) is 17.5 Å². The van der Waals surface area contributed by atoms with Crippen molar-refractivity contribution in [3.05, 3.63) is 107 Å². The Balaban J connectivity index is 1.37. The molecule has 0 fully saturated rings. The van der Waals surface area contributed by atoms with E-state index in [1.807, 2.05) is 49.4 Å². The van der Waals surface area contributed by atoms with Crippen molar-refractivity contribution in [1.29, 1.82) is 0 Å². The molecule has 2 aromatic heterocycles. The molecule has 240 valence electrons. The van der Waals surface area contributed by atoms with Gasteiger partial charge in [-0.1, -0.05) is 55.5 Å². The zero-order chi connectivity index (χ0) is 32.7. The Kier molecular flexibility index (Phi) is 10.6. The average Bonchev–Trinajstić information content (AvgIpc) is 3.05. The first kappa shape index (κ1) is 33.0. The van der Waals surface area contributed by atoms with Gasteiger partial charge in [0, 0.05) is 49.8 Å². The molecule has 0 saturated carbocycles. The smallest absolute Gasteiger partial charge is 0.357 e. The van der Waals surface area contributed by atoms with Gasteiger partial charge < -0.3 is 14.5 Å². The zero-order valence-electron chi connectivity index (χ0n) is 25.8. The number of halogens is 3. The fourth-order valence-corrected chi connectivity index (χ4v) is 6.12. The minimum Gasteiger partial charge on any atom is -0.357 e. The highest BCUT2D eigenvalue weighted by Crippen LogP contribution is 2.40. The van der Waals surface area contributed by atoms with E-state index < -0.39 is 11.7 Å². The maximum absolute atomic E-state index is 14.1. The van der Waals surface area contributed by atoms with Crippen LogP contribution < -0.4 is 9.62 Å². The van der Waals surface area contributed by atoms with Crippen LogP contribution in [0.2, 0.25) is 0 Å². The summed E-state index contributed by atoms with van der Waals surface area (Å²) in [6.45, 7) is 3.87. The number of pyridine rings is 2. The zero-order valence-corrected chi connectivity index (χ0v) is 26.6. The lowest BCUT2D eigenvalue weighted by molar-refractivity contribution is -0.138. The number of amides is 1. The van der Waals surface area contributed by atoms with Gasteiger partial charge in [0.25, 0.3) is 5.91 Å². The van der Waals surface area contributed by atoms with E-state index in [0.717, 1.165) is 23.9 Å². The van der Waals surface area contributed by atoms with Crippen LogP contribution in [-0.2, 0) is 6.18 Å². The second kappa shape index (κ2) is 14.8. The molecule has 1 atom stereocenters. The molecule has 0 saturated heterocycles. The molecule has 3 aromatic rings. The van der Waals surface area contributed by atoms with E-state index >= 15 is 0 Å². The number of nitrogens with zero attached hydrogens (tertiary/aromatic N) is 4. The Morgan fingerprint density at radius 2 is 1.96 bits per heavy atom. The maximum Gasteiger partial charge on any atom is 0.418 e. The first-order chi connectivity index (χ1) is 22.1. The van der Waals surface area contributed by atoms with E-state index in [1.165, 1.54) is 18.0 Å². The second-order valence-corrected chi connectivity index (χ2v) is 12.2. The van der Waals surface area contributed by atoms with E-state index in [9.17, 15) is 22.8 Å². The van der Waals surface area contributed by atoms with Crippen molar-refractivity contribution >= 4 is 41.4 Å². The number of aromatic nitrogens is 2. The van der Waals surface area contributed by atoms with E-state index in [4.69, 9.17) is 4.98 Å². The molecular weight excluding hydrogens is 611 g/mol. The van der Waals surface area contributed by atoms with Crippen molar-refractivity contribution in [2.24, 2.45) is 5.92 Å². The number of aldehydes is 1. The van der Waals surface area contributed by atoms with E-state index in [1.54, 1.807) is 36.2 Å². The summed E-state index contributed by atoms with van der Waals surface area (Å²) in [5, 5.41) is 0.641. The van der Waals surface area contributed by atoms with Gasteiger partial charge in [-0.15, -0.1) is 0 Å². The molecule has 1 aliphatic carbocycles. The highest BCUT2D eigenvalue weighted by atomic mass is 32.2. The molecule has 46 heavy (non-hydrogen) atoms. The summed E-state index contributed by atoms with van der Waals surface area (Å²) in [5.41, 5.74) is 1.12. The number of carbonyl (C=O) groups is 2. The van der Waals surface area contributed by atoms with Gasteiger partial charge in [-0.05, 0) is 67.5 Å². The number of allylic oxidation sites excluding steroid dienone is 6. The van der Waals surface area contributed by atoms with Gasteiger partial charge in [0.1, 0.15) is 16.7 Å². The topological polar surface area (TPSA) is 78.4 Å². The van der Waals surface area contributed by atoms with Crippen molar-refractivity contribution in [3.8, 4) is 0 Å². The molecule has 1 aromatic carbocycles. The molecule has 0 radical (unpaired) electrons. The number of alkyl halides is 3. The van der Waals surface area contributed by atoms with Crippen LogP contribution >= 0.6 is 11.9 Å². The summed E-state index contributed by atoms with van der Waals surface area (Å²) in [5.74, 6) is 1.06. The molecule has 1 amide bonds. The molecule has 7 nitrogen and oxygen atoms in total. The first-order valence-corrected chi connectivity index (χ1v) is 16.1. The Morgan fingerprint density at radius 3 is 2.76 bits per heavy atom. The first-order valence-electron chi connectivity index (χ1n) is 15.3. The van der Waals surface area contributed by atoms with Crippen molar-refractivity contribution in [2.45, 2.75) is 43.8 Å². The van der Waals surface area contributed by atoms with Gasteiger partial charge in [-0.3, -0.25) is 9.59 Å². The lowest BCUT2D eigenvalue weighted by atomic mass is 9.87. The molecule has 4 bridgehead atoms. The van der Waals surface area contributed by atoms with Crippen LogP contribution in [0.4, 0.5) is 24.8 Å². The van der Waals surface area contributed by atoms with Gasteiger partial charge >= 0.3 is 6.18 Å². The third-order valence-corrected chi connectivity index (χ3v) is 8.65. The Bertz CT molecular complexity index is 1670. The molecule has 1 unspecified atom stereocenters. The Hall–Kier alpha value is -4.38. The summed E-state index contributed by atoms with van der Waals surface area (Å²) in [6.07, 6.45) is 6.74. The van der Waals surface area contributed by atoms with Crippen molar-refractivity contribution in [2.75, 3.05) is 36.3 Å². The fourth-order valence-electron chi connectivity index (χ4n) is 5.51. The summed E-state index contributed by atoms with van der Waals surface area (Å²) in [7, 11) is 1.73. The highest BCUT2D eigenvalue weighted by molar-refractivity contribution is 8.00.